The van der Waals surface area contributed by atoms with Crippen molar-refractivity contribution in [2.24, 2.45) is 5.92 Å². The smallest absolute Gasteiger partial charge is 0.307 e. The second-order valence-corrected chi connectivity index (χ2v) is 6.42. The van der Waals surface area contributed by atoms with E-state index in [4.69, 9.17) is 5.11 Å². The molecule has 1 atom stereocenters. The Balaban J connectivity index is 1.86. The molecule has 2 aliphatic heterocycles. The van der Waals surface area contributed by atoms with Crippen molar-refractivity contribution in [1.82, 2.24) is 4.90 Å². The van der Waals surface area contributed by atoms with Crippen LogP contribution in [-0.4, -0.2) is 58.1 Å². The Morgan fingerprint density at radius 3 is 2.47 bits per heavy atom. The van der Waals surface area contributed by atoms with Crippen LogP contribution in [0.2, 0.25) is 0 Å². The molecule has 2 rings (SSSR count). The minimum absolute atomic E-state index is 0.122. The second kappa shape index (κ2) is 5.46. The average molecular weight is 247 g/mol. The zero-order valence-corrected chi connectivity index (χ0v) is 10.4. The lowest BCUT2D eigenvalue weighted by atomic mass is 10.1. The molecule has 0 aromatic carbocycles. The van der Waals surface area contributed by atoms with Gasteiger partial charge in [-0.3, -0.25) is 9.69 Å². The van der Waals surface area contributed by atoms with Crippen molar-refractivity contribution in [3.05, 3.63) is 0 Å². The van der Waals surface area contributed by atoms with Crippen LogP contribution in [0.25, 0.3) is 0 Å². The molecule has 1 N–H and O–H groups in total. The van der Waals surface area contributed by atoms with Crippen molar-refractivity contribution >= 4 is 29.5 Å². The first-order chi connectivity index (χ1) is 7.27. The molecule has 0 amide bonds. The number of aliphatic carboxylic acids is 1. The monoisotopic (exact) mass is 247 g/mol. The number of nitrogens with zero attached hydrogens (tertiary/aromatic N) is 1. The van der Waals surface area contributed by atoms with Crippen LogP contribution < -0.4 is 0 Å². The van der Waals surface area contributed by atoms with Gasteiger partial charge in [0.2, 0.25) is 0 Å². The number of thioether (sulfide) groups is 2. The van der Waals surface area contributed by atoms with Crippen LogP contribution in [0.5, 0.6) is 0 Å². The molecule has 0 aromatic rings. The first-order valence-corrected chi connectivity index (χ1v) is 7.70. The molecule has 2 aliphatic rings. The van der Waals surface area contributed by atoms with Gasteiger partial charge in [-0.25, -0.2) is 0 Å². The van der Waals surface area contributed by atoms with Crippen molar-refractivity contribution in [1.29, 1.82) is 0 Å². The first-order valence-electron chi connectivity index (χ1n) is 5.39. The van der Waals surface area contributed by atoms with Gasteiger partial charge in [-0.15, -0.1) is 0 Å². The van der Waals surface area contributed by atoms with Gasteiger partial charge in [-0.1, -0.05) is 0 Å². The first kappa shape index (κ1) is 11.6. The number of carboxylic acids is 1. The summed E-state index contributed by atoms with van der Waals surface area (Å²) in [6.07, 6.45) is 0.834. The molecule has 2 fully saturated rings. The molecule has 5 heteroatoms. The maximum Gasteiger partial charge on any atom is 0.307 e. The molecule has 2 saturated heterocycles. The Hall–Kier alpha value is 0.130. The number of rotatable bonds is 2. The van der Waals surface area contributed by atoms with Crippen LogP contribution in [0, 0.1) is 5.92 Å². The van der Waals surface area contributed by atoms with E-state index in [-0.39, 0.29) is 5.92 Å². The SMILES string of the molecule is O=C(O)C1CCN(C2CSCCSC2)C1. The summed E-state index contributed by atoms with van der Waals surface area (Å²) >= 11 is 4.02. The summed E-state index contributed by atoms with van der Waals surface area (Å²) in [7, 11) is 0. The topological polar surface area (TPSA) is 40.5 Å². The summed E-state index contributed by atoms with van der Waals surface area (Å²) < 4.78 is 0. The van der Waals surface area contributed by atoms with Crippen molar-refractivity contribution in [3.8, 4) is 0 Å². The Morgan fingerprint density at radius 2 is 1.93 bits per heavy atom. The Morgan fingerprint density at radius 1 is 1.27 bits per heavy atom. The van der Waals surface area contributed by atoms with Crippen LogP contribution in [0.4, 0.5) is 0 Å². The second-order valence-electron chi connectivity index (χ2n) is 4.12. The molecular weight excluding hydrogens is 230 g/mol. The van der Waals surface area contributed by atoms with E-state index in [9.17, 15) is 4.79 Å². The molecule has 0 saturated carbocycles. The Kier molecular flexibility index (Phi) is 4.22. The molecular formula is C10H17NO2S2. The van der Waals surface area contributed by atoms with E-state index in [1.807, 2.05) is 23.5 Å². The number of hydrogen-bond donors (Lipinski definition) is 1. The Labute approximate surface area is 99.0 Å². The van der Waals surface area contributed by atoms with Gasteiger partial charge in [0.25, 0.3) is 0 Å². The van der Waals surface area contributed by atoms with Crippen molar-refractivity contribution in [2.75, 3.05) is 36.1 Å². The van der Waals surface area contributed by atoms with Gasteiger partial charge in [0.1, 0.15) is 0 Å². The highest BCUT2D eigenvalue weighted by Crippen LogP contribution is 2.25. The molecule has 0 aromatic heterocycles. The van der Waals surface area contributed by atoms with Crippen LogP contribution in [0.15, 0.2) is 0 Å². The summed E-state index contributed by atoms with van der Waals surface area (Å²) in [6, 6.07) is 0.604. The average Bonchev–Trinajstić information content (AvgIpc) is 2.55. The van der Waals surface area contributed by atoms with E-state index in [1.54, 1.807) is 0 Å². The fourth-order valence-electron chi connectivity index (χ4n) is 2.14. The highest BCUT2D eigenvalue weighted by atomic mass is 32.2. The third-order valence-electron chi connectivity index (χ3n) is 3.08. The van der Waals surface area contributed by atoms with Gasteiger partial charge in [-0.2, -0.15) is 23.5 Å². The van der Waals surface area contributed by atoms with Crippen LogP contribution >= 0.6 is 23.5 Å². The normalized spacial score (nSPS) is 30.3. The molecule has 0 bridgehead atoms. The number of likely N-dealkylation sites (tertiary alicyclic amines) is 1. The van der Waals surface area contributed by atoms with E-state index in [1.165, 1.54) is 23.0 Å². The third kappa shape index (κ3) is 3.04. The molecule has 0 radical (unpaired) electrons. The largest absolute Gasteiger partial charge is 0.481 e. The van der Waals surface area contributed by atoms with Crippen molar-refractivity contribution in [2.45, 2.75) is 12.5 Å². The zero-order chi connectivity index (χ0) is 10.7. The molecule has 86 valence electrons. The van der Waals surface area contributed by atoms with Gasteiger partial charge in [0.15, 0.2) is 0 Å². The number of carbonyl (C=O) groups is 1. The number of carboxylic acid groups (broad SMARTS) is 1. The lowest BCUT2D eigenvalue weighted by Crippen LogP contribution is -2.37. The maximum atomic E-state index is 10.9. The fourth-order valence-corrected chi connectivity index (χ4v) is 4.76. The summed E-state index contributed by atoms with van der Waals surface area (Å²) in [4.78, 5) is 13.2. The lowest BCUT2D eigenvalue weighted by molar-refractivity contribution is -0.141. The number of hydrogen-bond acceptors (Lipinski definition) is 4. The van der Waals surface area contributed by atoms with E-state index >= 15 is 0 Å². The summed E-state index contributed by atoms with van der Waals surface area (Å²) in [6.45, 7) is 1.74. The van der Waals surface area contributed by atoms with Crippen LogP contribution in [0.3, 0.4) is 0 Å². The predicted octanol–water partition coefficient (Wildman–Crippen LogP) is 1.24. The molecule has 0 spiro atoms. The zero-order valence-electron chi connectivity index (χ0n) is 8.72. The van der Waals surface area contributed by atoms with Crippen molar-refractivity contribution < 1.29 is 9.90 Å². The molecule has 0 aliphatic carbocycles. The highest BCUT2D eigenvalue weighted by molar-refractivity contribution is 8.03. The van der Waals surface area contributed by atoms with Gasteiger partial charge in [0.05, 0.1) is 5.92 Å². The van der Waals surface area contributed by atoms with Gasteiger partial charge < -0.3 is 5.11 Å². The lowest BCUT2D eigenvalue weighted by Gasteiger charge is -2.25. The highest BCUT2D eigenvalue weighted by Gasteiger charge is 2.32. The van der Waals surface area contributed by atoms with Gasteiger partial charge >= 0.3 is 5.97 Å². The summed E-state index contributed by atoms with van der Waals surface area (Å²) in [5.41, 5.74) is 0. The quantitative estimate of drug-likeness (QED) is 0.795. The molecule has 15 heavy (non-hydrogen) atoms. The summed E-state index contributed by atoms with van der Waals surface area (Å²) in [5, 5.41) is 8.95. The minimum atomic E-state index is -0.619. The Bertz CT molecular complexity index is 229. The van der Waals surface area contributed by atoms with Crippen molar-refractivity contribution in [3.63, 3.8) is 0 Å². The summed E-state index contributed by atoms with van der Waals surface area (Å²) in [5.74, 6) is 4.11. The van der Waals surface area contributed by atoms with E-state index in [2.05, 4.69) is 4.90 Å². The van der Waals surface area contributed by atoms with E-state index < -0.39 is 5.97 Å². The maximum absolute atomic E-state index is 10.9. The molecule has 1 unspecified atom stereocenters. The van der Waals surface area contributed by atoms with Gasteiger partial charge in [-0.05, 0) is 13.0 Å². The molecule has 3 nitrogen and oxygen atoms in total. The van der Waals surface area contributed by atoms with Crippen LogP contribution in [-0.2, 0) is 4.79 Å². The minimum Gasteiger partial charge on any atom is -0.481 e. The predicted molar refractivity (Wildman–Crippen MR) is 65.8 cm³/mol. The van der Waals surface area contributed by atoms with Crippen LogP contribution in [0.1, 0.15) is 6.42 Å². The molecule has 2 heterocycles. The van der Waals surface area contributed by atoms with Gasteiger partial charge in [0, 0.05) is 35.6 Å². The fraction of sp³-hybridized carbons (Fsp3) is 0.900. The third-order valence-corrected chi connectivity index (χ3v) is 5.56. The van der Waals surface area contributed by atoms with E-state index in [0.29, 0.717) is 6.04 Å². The standard InChI is InChI=1S/C10H17NO2S2/c12-10(13)8-1-2-11(5-8)9-6-14-3-4-15-7-9/h8-9H,1-7H2,(H,12,13). The van der Waals surface area contributed by atoms with E-state index in [0.717, 1.165) is 19.5 Å².